The summed E-state index contributed by atoms with van der Waals surface area (Å²) in [5, 5.41) is 7.94. The third kappa shape index (κ3) is 17.2. The van der Waals surface area contributed by atoms with Crippen LogP contribution in [0.25, 0.3) is 0 Å². The average molecular weight is 510 g/mol. The van der Waals surface area contributed by atoms with Crippen molar-refractivity contribution in [3.8, 4) is 0 Å². The first-order valence-electron chi connectivity index (χ1n) is 11.7. The molecule has 3 N–H and O–H groups in total. The lowest BCUT2D eigenvalue weighted by atomic mass is 10.3. The number of nitrogens with one attached hydrogen (secondary N) is 3. The molecular formula is C26H43N3O7. The minimum Gasteiger partial charge on any atom is -0.460 e. The molecule has 204 valence electrons. The van der Waals surface area contributed by atoms with Crippen molar-refractivity contribution < 1.29 is 33.4 Å². The van der Waals surface area contributed by atoms with E-state index >= 15 is 0 Å². The van der Waals surface area contributed by atoms with Crippen molar-refractivity contribution in [1.82, 2.24) is 16.0 Å². The van der Waals surface area contributed by atoms with Gasteiger partial charge in [-0.25, -0.2) is 4.79 Å². The molecular weight excluding hydrogens is 466 g/mol. The predicted octanol–water partition coefficient (Wildman–Crippen LogP) is 3.02. The number of hydrogen-bond donors (Lipinski definition) is 3. The van der Waals surface area contributed by atoms with Gasteiger partial charge in [0.05, 0.1) is 6.54 Å². The zero-order valence-electron chi connectivity index (χ0n) is 22.7. The minimum absolute atomic E-state index is 0.144. The third-order valence-electron chi connectivity index (χ3n) is 4.17. The summed E-state index contributed by atoms with van der Waals surface area (Å²) >= 11 is 0. The summed E-state index contributed by atoms with van der Waals surface area (Å²) in [7, 11) is 0. The lowest BCUT2D eigenvalue weighted by Crippen LogP contribution is -2.43. The molecule has 3 amide bonds. The first-order valence-corrected chi connectivity index (χ1v) is 11.7. The first-order chi connectivity index (χ1) is 16.7. The van der Waals surface area contributed by atoms with Gasteiger partial charge in [-0.05, 0) is 47.5 Å². The second-order valence-corrected chi connectivity index (χ2v) is 8.09. The summed E-state index contributed by atoms with van der Waals surface area (Å²) in [4.78, 5) is 45.0. The smallest absolute Gasteiger partial charge is 0.333 e. The van der Waals surface area contributed by atoms with Crippen LogP contribution in [-0.2, 0) is 33.4 Å². The van der Waals surface area contributed by atoms with Gasteiger partial charge in [0.15, 0.2) is 6.29 Å². The summed E-state index contributed by atoms with van der Waals surface area (Å²) < 4.78 is 16.0. The van der Waals surface area contributed by atoms with Gasteiger partial charge in [0.25, 0.3) is 0 Å². The Labute approximate surface area is 215 Å². The molecule has 0 aliphatic carbocycles. The number of esters is 1. The van der Waals surface area contributed by atoms with Crippen LogP contribution in [0.4, 0.5) is 0 Å². The van der Waals surface area contributed by atoms with Crippen LogP contribution in [-0.4, -0.2) is 55.6 Å². The van der Waals surface area contributed by atoms with Crippen molar-refractivity contribution in [3.63, 3.8) is 0 Å². The van der Waals surface area contributed by atoms with Crippen molar-refractivity contribution >= 4 is 23.7 Å². The van der Waals surface area contributed by atoms with Crippen LogP contribution in [0.2, 0.25) is 0 Å². The second kappa shape index (κ2) is 19.0. The molecule has 0 spiro atoms. The Morgan fingerprint density at radius 2 is 1.08 bits per heavy atom. The number of carbonyl (C=O) groups is 4. The van der Waals surface area contributed by atoms with E-state index in [-0.39, 0.29) is 30.9 Å². The Morgan fingerprint density at radius 1 is 0.694 bits per heavy atom. The van der Waals surface area contributed by atoms with Crippen LogP contribution in [0, 0.1) is 0 Å². The molecule has 0 heterocycles. The quantitative estimate of drug-likeness (QED) is 0.134. The summed E-state index contributed by atoms with van der Waals surface area (Å²) in [6, 6.07) is 0. The van der Waals surface area contributed by atoms with Gasteiger partial charge in [-0.2, -0.15) is 0 Å². The number of rotatable bonds is 15. The van der Waals surface area contributed by atoms with Crippen molar-refractivity contribution in [3.05, 3.63) is 48.6 Å². The Bertz CT molecular complexity index is 754. The summed E-state index contributed by atoms with van der Waals surface area (Å²) in [5.74, 6) is -1.21. The van der Waals surface area contributed by atoms with Crippen LogP contribution in [0.15, 0.2) is 48.6 Å². The summed E-state index contributed by atoms with van der Waals surface area (Å²) in [5.41, 5.74) is 1.60. The highest BCUT2D eigenvalue weighted by Gasteiger charge is 2.19. The van der Waals surface area contributed by atoms with Crippen molar-refractivity contribution in [2.75, 3.05) is 13.2 Å². The largest absolute Gasteiger partial charge is 0.460 e. The maximum Gasteiger partial charge on any atom is 0.333 e. The van der Waals surface area contributed by atoms with E-state index in [0.29, 0.717) is 35.1 Å². The first kappa shape index (κ1) is 34.9. The van der Waals surface area contributed by atoms with Gasteiger partial charge in [-0.3, -0.25) is 14.4 Å². The van der Waals surface area contributed by atoms with E-state index in [0.717, 1.165) is 0 Å². The van der Waals surface area contributed by atoms with E-state index < -0.39 is 24.7 Å². The van der Waals surface area contributed by atoms with Gasteiger partial charge in [0, 0.05) is 22.3 Å². The molecule has 0 radical (unpaired) electrons. The SMILES string of the molecule is C=C(C)C(=O)NC(CC)OC(C)OC(CC)NC(=O)C(=C)C.C=C(C)C(=O)NCCOC(=O)C(=C)C. The number of carbonyl (C=O) groups excluding carboxylic acids is 4. The Kier molecular flexibility index (Phi) is 18.4. The van der Waals surface area contributed by atoms with E-state index in [9.17, 15) is 19.2 Å². The fraction of sp³-hybridized carbons (Fsp3) is 0.538. The average Bonchev–Trinajstić information content (AvgIpc) is 2.80. The van der Waals surface area contributed by atoms with Gasteiger partial charge in [-0.1, -0.05) is 40.2 Å². The zero-order valence-corrected chi connectivity index (χ0v) is 22.7. The van der Waals surface area contributed by atoms with Crippen LogP contribution in [0.5, 0.6) is 0 Å². The van der Waals surface area contributed by atoms with Gasteiger partial charge in [0.1, 0.15) is 19.1 Å². The van der Waals surface area contributed by atoms with E-state index in [1.807, 2.05) is 13.8 Å². The minimum atomic E-state index is -0.592. The van der Waals surface area contributed by atoms with E-state index in [4.69, 9.17) is 14.2 Å². The molecule has 10 heteroatoms. The number of hydrogen-bond acceptors (Lipinski definition) is 7. The molecule has 0 saturated carbocycles. The molecule has 0 aromatic carbocycles. The molecule has 0 bridgehead atoms. The number of ether oxygens (including phenoxy) is 3. The van der Waals surface area contributed by atoms with Gasteiger partial charge < -0.3 is 30.2 Å². The highest BCUT2D eigenvalue weighted by Crippen LogP contribution is 2.07. The fourth-order valence-electron chi connectivity index (χ4n) is 2.08. The number of amides is 3. The second-order valence-electron chi connectivity index (χ2n) is 8.09. The molecule has 2 atom stereocenters. The highest BCUT2D eigenvalue weighted by molar-refractivity contribution is 5.93. The Balaban J connectivity index is 0. The molecule has 10 nitrogen and oxygen atoms in total. The zero-order chi connectivity index (χ0) is 28.4. The summed E-state index contributed by atoms with van der Waals surface area (Å²) in [6.45, 7) is 26.4. The Hall–Kier alpha value is -3.24. The third-order valence-corrected chi connectivity index (χ3v) is 4.17. The van der Waals surface area contributed by atoms with Crippen LogP contribution in [0.1, 0.15) is 61.3 Å². The molecule has 0 aliphatic rings. The maximum absolute atomic E-state index is 11.6. The molecule has 0 aliphatic heterocycles. The lowest BCUT2D eigenvalue weighted by Gasteiger charge is -2.26. The van der Waals surface area contributed by atoms with Crippen LogP contribution in [0.3, 0.4) is 0 Å². The monoisotopic (exact) mass is 509 g/mol. The fourth-order valence-corrected chi connectivity index (χ4v) is 2.08. The predicted molar refractivity (Wildman–Crippen MR) is 139 cm³/mol. The highest BCUT2D eigenvalue weighted by atomic mass is 16.7. The lowest BCUT2D eigenvalue weighted by molar-refractivity contribution is -0.197. The molecule has 0 rings (SSSR count). The van der Waals surface area contributed by atoms with Gasteiger partial charge >= 0.3 is 5.97 Å². The van der Waals surface area contributed by atoms with E-state index in [1.54, 1.807) is 34.6 Å². The van der Waals surface area contributed by atoms with Gasteiger partial charge in [0.2, 0.25) is 17.7 Å². The van der Waals surface area contributed by atoms with E-state index in [1.165, 1.54) is 0 Å². The standard InChI is InChI=1S/C16H28N2O4.C10H15NO3/c1-8-13(17-15(19)10(3)4)21-12(7)22-14(9-2)18-16(20)11(5)6;1-7(2)9(12)11-5-6-14-10(13)8(3)4/h12-14H,3,5,8-9H2,1-2,4,6-7H3,(H,17,19)(H,18,20);1,3,5-6H2,2,4H3,(H,11,12). The molecule has 0 aromatic rings. The molecule has 0 saturated heterocycles. The molecule has 2 unspecified atom stereocenters. The molecule has 0 aromatic heterocycles. The normalized spacial score (nSPS) is 12.4. The molecule has 36 heavy (non-hydrogen) atoms. The van der Waals surface area contributed by atoms with E-state index in [2.05, 4.69) is 42.3 Å². The van der Waals surface area contributed by atoms with Crippen LogP contribution < -0.4 is 16.0 Å². The summed E-state index contributed by atoms with van der Waals surface area (Å²) in [6.07, 6.45) is -0.378. The van der Waals surface area contributed by atoms with Crippen LogP contribution >= 0.6 is 0 Å². The van der Waals surface area contributed by atoms with Crippen molar-refractivity contribution in [2.45, 2.75) is 80.1 Å². The molecule has 0 fully saturated rings. The van der Waals surface area contributed by atoms with Crippen molar-refractivity contribution in [1.29, 1.82) is 0 Å². The Morgan fingerprint density at radius 3 is 1.39 bits per heavy atom. The maximum atomic E-state index is 11.6. The van der Waals surface area contributed by atoms with Gasteiger partial charge in [-0.15, -0.1) is 0 Å². The van der Waals surface area contributed by atoms with Crippen molar-refractivity contribution in [2.24, 2.45) is 0 Å². The topological polar surface area (TPSA) is 132 Å².